The van der Waals surface area contributed by atoms with E-state index in [2.05, 4.69) is 14.8 Å². The van der Waals surface area contributed by atoms with Gasteiger partial charge in [0.2, 0.25) is 10.0 Å². The molecule has 3 aromatic rings. The summed E-state index contributed by atoms with van der Waals surface area (Å²) in [4.78, 5) is 5.13. The van der Waals surface area contributed by atoms with E-state index in [0.717, 1.165) is 53.7 Å². The van der Waals surface area contributed by atoms with Gasteiger partial charge in [0, 0.05) is 37.0 Å². The molecule has 1 saturated heterocycles. The van der Waals surface area contributed by atoms with E-state index in [0.29, 0.717) is 24.4 Å². The van der Waals surface area contributed by atoms with Gasteiger partial charge in [0.25, 0.3) is 0 Å². The third-order valence-corrected chi connectivity index (χ3v) is 8.66. The molecular formula is C21H25N5O2S2. The standard InChI is InChI=1S/C21H25N5O2S2/c27-30(28,25-11-4-5-12-25)17-9-7-16(8-10-17)18-15-29-21(22-18)14-20-24-23-19-6-2-1-3-13-26(19)20/h7-10,15H,1-6,11-14H2. The Morgan fingerprint density at radius 2 is 1.70 bits per heavy atom. The third kappa shape index (κ3) is 3.81. The summed E-state index contributed by atoms with van der Waals surface area (Å²) in [5, 5.41) is 11.8. The van der Waals surface area contributed by atoms with E-state index >= 15 is 0 Å². The van der Waals surface area contributed by atoms with Crippen LogP contribution in [0.4, 0.5) is 0 Å². The molecule has 9 heteroatoms. The minimum Gasteiger partial charge on any atom is -0.315 e. The minimum absolute atomic E-state index is 0.356. The molecule has 5 rings (SSSR count). The summed E-state index contributed by atoms with van der Waals surface area (Å²) in [7, 11) is -3.38. The zero-order chi connectivity index (χ0) is 20.6. The van der Waals surface area contributed by atoms with E-state index in [1.165, 1.54) is 19.3 Å². The van der Waals surface area contributed by atoms with Gasteiger partial charge in [0.15, 0.2) is 0 Å². The highest BCUT2D eigenvalue weighted by Crippen LogP contribution is 2.27. The first-order valence-electron chi connectivity index (χ1n) is 10.6. The summed E-state index contributed by atoms with van der Waals surface area (Å²) in [6.45, 7) is 2.22. The number of hydrogen-bond donors (Lipinski definition) is 0. The summed E-state index contributed by atoms with van der Waals surface area (Å²) in [5.41, 5.74) is 1.80. The lowest BCUT2D eigenvalue weighted by molar-refractivity contribution is 0.477. The molecule has 7 nitrogen and oxygen atoms in total. The first-order valence-corrected chi connectivity index (χ1v) is 12.9. The molecule has 0 N–H and O–H groups in total. The number of hydrogen-bond acceptors (Lipinski definition) is 6. The molecule has 1 fully saturated rings. The van der Waals surface area contributed by atoms with Crippen LogP contribution in [0.2, 0.25) is 0 Å². The maximum atomic E-state index is 12.7. The van der Waals surface area contributed by atoms with Crippen LogP contribution in [0.15, 0.2) is 34.5 Å². The Morgan fingerprint density at radius 3 is 2.50 bits per heavy atom. The van der Waals surface area contributed by atoms with Crippen LogP contribution in [-0.4, -0.2) is 45.6 Å². The molecule has 0 bridgehead atoms. The second kappa shape index (κ2) is 8.20. The van der Waals surface area contributed by atoms with Gasteiger partial charge in [-0.05, 0) is 37.8 Å². The maximum absolute atomic E-state index is 12.7. The van der Waals surface area contributed by atoms with E-state index in [4.69, 9.17) is 4.98 Å². The van der Waals surface area contributed by atoms with Crippen molar-refractivity contribution in [2.24, 2.45) is 0 Å². The van der Waals surface area contributed by atoms with E-state index in [1.807, 2.05) is 17.5 Å². The molecule has 0 atom stereocenters. The van der Waals surface area contributed by atoms with E-state index in [1.54, 1.807) is 27.8 Å². The Morgan fingerprint density at radius 1 is 0.933 bits per heavy atom. The number of sulfonamides is 1. The fourth-order valence-corrected chi connectivity index (χ4v) is 6.53. The Labute approximate surface area is 180 Å². The van der Waals surface area contributed by atoms with Crippen molar-refractivity contribution in [1.82, 2.24) is 24.1 Å². The quantitative estimate of drug-likeness (QED) is 0.603. The SMILES string of the molecule is O=S(=O)(c1ccc(-c2csc(Cc3nnc4n3CCCCC4)n2)cc1)N1CCCC1. The van der Waals surface area contributed by atoms with Gasteiger partial charge in [-0.25, -0.2) is 13.4 Å². The van der Waals surface area contributed by atoms with Crippen LogP contribution in [0.1, 0.15) is 48.8 Å². The van der Waals surface area contributed by atoms with Crippen molar-refractivity contribution in [3.63, 3.8) is 0 Å². The highest BCUT2D eigenvalue weighted by molar-refractivity contribution is 7.89. The first kappa shape index (κ1) is 19.8. The Bertz CT molecular complexity index is 1130. The van der Waals surface area contributed by atoms with Crippen molar-refractivity contribution in [3.05, 3.63) is 46.3 Å². The van der Waals surface area contributed by atoms with Crippen LogP contribution in [0.3, 0.4) is 0 Å². The molecule has 2 aliphatic rings. The summed E-state index contributed by atoms with van der Waals surface area (Å²) < 4.78 is 29.2. The number of aromatic nitrogens is 4. The van der Waals surface area contributed by atoms with Crippen LogP contribution >= 0.6 is 11.3 Å². The second-order valence-electron chi connectivity index (χ2n) is 7.93. The molecule has 0 amide bonds. The average Bonchev–Trinajstić information content (AvgIpc) is 3.49. The zero-order valence-corrected chi connectivity index (χ0v) is 18.5. The van der Waals surface area contributed by atoms with Gasteiger partial charge in [0.1, 0.15) is 16.7 Å². The van der Waals surface area contributed by atoms with Crippen molar-refractivity contribution in [1.29, 1.82) is 0 Å². The molecule has 30 heavy (non-hydrogen) atoms. The molecule has 0 radical (unpaired) electrons. The van der Waals surface area contributed by atoms with Crippen molar-refractivity contribution >= 4 is 21.4 Å². The molecular weight excluding hydrogens is 418 g/mol. The van der Waals surface area contributed by atoms with Gasteiger partial charge in [-0.15, -0.1) is 21.5 Å². The van der Waals surface area contributed by atoms with Crippen molar-refractivity contribution < 1.29 is 8.42 Å². The fourth-order valence-electron chi connectivity index (χ4n) is 4.21. The normalized spacial score (nSPS) is 17.7. The zero-order valence-electron chi connectivity index (χ0n) is 16.8. The highest BCUT2D eigenvalue weighted by atomic mass is 32.2. The number of nitrogens with zero attached hydrogens (tertiary/aromatic N) is 5. The van der Waals surface area contributed by atoms with Crippen LogP contribution in [-0.2, 0) is 29.4 Å². The van der Waals surface area contributed by atoms with Gasteiger partial charge in [-0.1, -0.05) is 18.6 Å². The first-order chi connectivity index (χ1) is 14.6. The predicted molar refractivity (Wildman–Crippen MR) is 116 cm³/mol. The van der Waals surface area contributed by atoms with Crippen LogP contribution in [0.5, 0.6) is 0 Å². The van der Waals surface area contributed by atoms with Crippen LogP contribution in [0.25, 0.3) is 11.3 Å². The number of thiazole rings is 1. The third-order valence-electron chi connectivity index (χ3n) is 5.90. The highest BCUT2D eigenvalue weighted by Gasteiger charge is 2.27. The van der Waals surface area contributed by atoms with Gasteiger partial charge in [-0.3, -0.25) is 0 Å². The number of benzene rings is 1. The van der Waals surface area contributed by atoms with E-state index < -0.39 is 10.0 Å². The molecule has 4 heterocycles. The summed E-state index contributed by atoms with van der Waals surface area (Å²) in [6, 6.07) is 7.09. The average molecular weight is 444 g/mol. The molecule has 0 spiro atoms. The number of aryl methyl sites for hydroxylation is 1. The Balaban J connectivity index is 1.33. The topological polar surface area (TPSA) is 81.0 Å². The van der Waals surface area contributed by atoms with Gasteiger partial charge < -0.3 is 4.57 Å². The molecule has 0 saturated carbocycles. The fraction of sp³-hybridized carbons (Fsp3) is 0.476. The Kier molecular flexibility index (Phi) is 5.43. The number of rotatable bonds is 5. The smallest absolute Gasteiger partial charge is 0.243 e. The summed E-state index contributed by atoms with van der Waals surface area (Å²) in [6.07, 6.45) is 7.16. The Hall–Kier alpha value is -2.10. The van der Waals surface area contributed by atoms with Crippen molar-refractivity contribution in [2.75, 3.05) is 13.1 Å². The lowest BCUT2D eigenvalue weighted by Gasteiger charge is -2.15. The molecule has 0 unspecified atom stereocenters. The predicted octanol–water partition coefficient (Wildman–Crippen LogP) is 3.50. The van der Waals surface area contributed by atoms with Crippen molar-refractivity contribution in [3.8, 4) is 11.3 Å². The molecule has 2 aromatic heterocycles. The number of fused-ring (bicyclic) bond motifs is 1. The van der Waals surface area contributed by atoms with E-state index in [-0.39, 0.29) is 0 Å². The summed E-state index contributed by atoms with van der Waals surface area (Å²) in [5.74, 6) is 2.08. The molecule has 1 aromatic carbocycles. The largest absolute Gasteiger partial charge is 0.315 e. The van der Waals surface area contributed by atoms with Gasteiger partial charge >= 0.3 is 0 Å². The van der Waals surface area contributed by atoms with Gasteiger partial charge in [-0.2, -0.15) is 4.31 Å². The monoisotopic (exact) mass is 443 g/mol. The summed E-state index contributed by atoms with van der Waals surface area (Å²) >= 11 is 1.61. The lowest BCUT2D eigenvalue weighted by Crippen LogP contribution is -2.27. The van der Waals surface area contributed by atoms with Crippen LogP contribution < -0.4 is 0 Å². The lowest BCUT2D eigenvalue weighted by atomic mass is 10.2. The molecule has 0 aliphatic carbocycles. The van der Waals surface area contributed by atoms with E-state index in [9.17, 15) is 8.42 Å². The molecule has 158 valence electrons. The second-order valence-corrected chi connectivity index (χ2v) is 10.8. The van der Waals surface area contributed by atoms with Crippen molar-refractivity contribution in [2.45, 2.75) is 56.4 Å². The maximum Gasteiger partial charge on any atom is 0.243 e. The minimum atomic E-state index is -3.38. The molecule has 2 aliphatic heterocycles. The van der Waals surface area contributed by atoms with Gasteiger partial charge in [0.05, 0.1) is 17.0 Å². The van der Waals surface area contributed by atoms with Crippen LogP contribution in [0, 0.1) is 0 Å².